The van der Waals surface area contributed by atoms with E-state index in [1.807, 2.05) is 0 Å². The summed E-state index contributed by atoms with van der Waals surface area (Å²) in [6.45, 7) is 5.06. The van der Waals surface area contributed by atoms with Crippen molar-refractivity contribution in [2.45, 2.75) is 45.1 Å². The van der Waals surface area contributed by atoms with E-state index < -0.39 is 0 Å². The van der Waals surface area contributed by atoms with E-state index in [1.54, 1.807) is 19.3 Å². The van der Waals surface area contributed by atoms with Gasteiger partial charge in [-0.1, -0.05) is 6.92 Å². The van der Waals surface area contributed by atoms with Crippen LogP contribution in [0.15, 0.2) is 0 Å². The minimum atomic E-state index is 0.973. The summed E-state index contributed by atoms with van der Waals surface area (Å²) >= 11 is 0. The first-order chi connectivity index (χ1) is 6.35. The largest absolute Gasteiger partial charge is 0.300 e. The Labute approximate surface area is 81.5 Å². The highest BCUT2D eigenvalue weighted by atomic mass is 15.2. The minimum absolute atomic E-state index is 0.973. The molecule has 2 saturated carbocycles. The van der Waals surface area contributed by atoms with Crippen LogP contribution in [0, 0.1) is 17.8 Å². The van der Waals surface area contributed by atoms with Crippen LogP contribution in [0.4, 0.5) is 0 Å². The van der Waals surface area contributed by atoms with Crippen LogP contribution in [0.2, 0.25) is 0 Å². The monoisotopic (exact) mass is 179 g/mol. The van der Waals surface area contributed by atoms with Gasteiger partial charge >= 0.3 is 0 Å². The molecule has 4 fully saturated rings. The molecule has 2 saturated heterocycles. The normalized spacial score (nSPS) is 49.6. The van der Waals surface area contributed by atoms with Gasteiger partial charge < -0.3 is 4.90 Å². The molecule has 74 valence electrons. The molecule has 0 spiro atoms. The molecule has 1 nitrogen and oxygen atoms in total. The van der Waals surface area contributed by atoms with E-state index in [1.165, 1.54) is 25.9 Å². The Kier molecular flexibility index (Phi) is 1.90. The van der Waals surface area contributed by atoms with Crippen molar-refractivity contribution in [2.75, 3.05) is 13.1 Å². The molecule has 0 aromatic rings. The van der Waals surface area contributed by atoms with Crippen LogP contribution in [-0.2, 0) is 0 Å². The molecule has 4 rings (SSSR count). The molecule has 0 aromatic carbocycles. The van der Waals surface area contributed by atoms with E-state index in [4.69, 9.17) is 0 Å². The number of hydrogen-bond donors (Lipinski definition) is 0. The highest BCUT2D eigenvalue weighted by Gasteiger charge is 2.41. The van der Waals surface area contributed by atoms with Crippen LogP contribution in [0.1, 0.15) is 39.0 Å². The fourth-order valence-electron chi connectivity index (χ4n) is 4.27. The second-order valence-corrected chi connectivity index (χ2v) is 5.52. The van der Waals surface area contributed by atoms with Crippen molar-refractivity contribution in [1.29, 1.82) is 0 Å². The van der Waals surface area contributed by atoms with E-state index in [2.05, 4.69) is 11.8 Å². The number of fused-ring (bicyclic) bond motifs is 1. The van der Waals surface area contributed by atoms with Crippen LogP contribution in [0.25, 0.3) is 0 Å². The second-order valence-electron chi connectivity index (χ2n) is 5.52. The summed E-state index contributed by atoms with van der Waals surface area (Å²) in [5, 5.41) is 0. The summed E-state index contributed by atoms with van der Waals surface area (Å²) in [7, 11) is 0. The van der Waals surface area contributed by atoms with Gasteiger partial charge in [0.2, 0.25) is 0 Å². The standard InChI is InChI=1S/C12H21N/c1-2-13-8-11-4-9-3-10(5-11)7-12(13)6-9/h9-12H,2-8H2,1H3. The molecule has 13 heavy (non-hydrogen) atoms. The summed E-state index contributed by atoms with van der Waals surface area (Å²) < 4.78 is 0. The molecule has 0 aromatic heterocycles. The molecule has 0 radical (unpaired) electrons. The van der Waals surface area contributed by atoms with Crippen molar-refractivity contribution in [3.63, 3.8) is 0 Å². The Morgan fingerprint density at radius 3 is 2.15 bits per heavy atom. The maximum Gasteiger partial charge on any atom is 0.0100 e. The van der Waals surface area contributed by atoms with E-state index in [9.17, 15) is 0 Å². The van der Waals surface area contributed by atoms with Gasteiger partial charge in [0.15, 0.2) is 0 Å². The Morgan fingerprint density at radius 2 is 1.54 bits per heavy atom. The number of hydrogen-bond acceptors (Lipinski definition) is 1. The highest BCUT2D eigenvalue weighted by molar-refractivity contribution is 4.95. The zero-order chi connectivity index (χ0) is 8.84. The lowest BCUT2D eigenvalue weighted by atomic mass is 9.68. The zero-order valence-electron chi connectivity index (χ0n) is 8.71. The van der Waals surface area contributed by atoms with E-state index in [0.717, 1.165) is 23.8 Å². The molecule has 4 aliphatic rings. The van der Waals surface area contributed by atoms with E-state index >= 15 is 0 Å². The van der Waals surface area contributed by atoms with Gasteiger partial charge in [-0.05, 0) is 56.4 Å². The van der Waals surface area contributed by atoms with Crippen LogP contribution < -0.4 is 0 Å². The van der Waals surface area contributed by atoms with Gasteiger partial charge in [0.1, 0.15) is 0 Å². The summed E-state index contributed by atoms with van der Waals surface area (Å²) in [4.78, 5) is 2.77. The van der Waals surface area contributed by atoms with Gasteiger partial charge in [0.05, 0.1) is 0 Å². The third kappa shape index (κ3) is 1.32. The third-order valence-electron chi connectivity index (χ3n) is 4.63. The van der Waals surface area contributed by atoms with Crippen molar-refractivity contribution >= 4 is 0 Å². The Bertz CT molecular complexity index is 187. The molecule has 2 aliphatic heterocycles. The first-order valence-corrected chi connectivity index (χ1v) is 6.09. The van der Waals surface area contributed by atoms with Crippen molar-refractivity contribution in [3.8, 4) is 0 Å². The van der Waals surface area contributed by atoms with Crippen molar-refractivity contribution < 1.29 is 0 Å². The summed E-state index contributed by atoms with van der Waals surface area (Å²) in [6, 6.07) is 0.973. The third-order valence-corrected chi connectivity index (χ3v) is 4.63. The lowest BCUT2D eigenvalue weighted by molar-refractivity contribution is 0.129. The van der Waals surface area contributed by atoms with Crippen LogP contribution >= 0.6 is 0 Å². The molecule has 2 atom stereocenters. The smallest absolute Gasteiger partial charge is 0.0100 e. The molecular formula is C12H21N. The summed E-state index contributed by atoms with van der Waals surface area (Å²) in [5.74, 6) is 3.29. The molecule has 2 aliphatic carbocycles. The molecule has 2 unspecified atom stereocenters. The number of rotatable bonds is 1. The predicted octanol–water partition coefficient (Wildman–Crippen LogP) is 2.52. The quantitative estimate of drug-likeness (QED) is 0.598. The predicted molar refractivity (Wildman–Crippen MR) is 54.6 cm³/mol. The molecular weight excluding hydrogens is 158 g/mol. The van der Waals surface area contributed by atoms with E-state index in [0.29, 0.717) is 0 Å². The van der Waals surface area contributed by atoms with Gasteiger partial charge in [-0.15, -0.1) is 0 Å². The minimum Gasteiger partial charge on any atom is -0.300 e. The van der Waals surface area contributed by atoms with Crippen LogP contribution in [-0.4, -0.2) is 24.0 Å². The second kappa shape index (κ2) is 2.98. The van der Waals surface area contributed by atoms with Gasteiger partial charge in [0, 0.05) is 12.6 Å². The average molecular weight is 179 g/mol. The molecule has 0 amide bonds. The van der Waals surface area contributed by atoms with E-state index in [-0.39, 0.29) is 0 Å². The lowest BCUT2D eigenvalue weighted by Crippen LogP contribution is -2.37. The zero-order valence-corrected chi connectivity index (χ0v) is 8.71. The summed E-state index contributed by atoms with van der Waals surface area (Å²) in [5.41, 5.74) is 0. The molecule has 0 N–H and O–H groups in total. The fourth-order valence-corrected chi connectivity index (χ4v) is 4.27. The SMILES string of the molecule is CCN1CC2CC3CC(C2)CC1C3. The number of nitrogens with zero attached hydrogens (tertiary/aromatic N) is 1. The maximum atomic E-state index is 2.77. The average Bonchev–Trinajstić information content (AvgIpc) is 2.29. The molecule has 4 bridgehead atoms. The fraction of sp³-hybridized carbons (Fsp3) is 1.00. The van der Waals surface area contributed by atoms with Gasteiger partial charge in [-0.25, -0.2) is 0 Å². The summed E-state index contributed by atoms with van der Waals surface area (Å²) in [6.07, 6.45) is 7.75. The van der Waals surface area contributed by atoms with Crippen LogP contribution in [0.5, 0.6) is 0 Å². The first-order valence-electron chi connectivity index (χ1n) is 6.09. The van der Waals surface area contributed by atoms with Crippen molar-refractivity contribution in [2.24, 2.45) is 17.8 Å². The van der Waals surface area contributed by atoms with Gasteiger partial charge in [-0.3, -0.25) is 0 Å². The topological polar surface area (TPSA) is 3.24 Å². The molecule has 2 heterocycles. The molecule has 1 heteroatoms. The van der Waals surface area contributed by atoms with Gasteiger partial charge in [0.25, 0.3) is 0 Å². The lowest BCUT2D eigenvalue weighted by Gasteiger charge is -2.39. The Morgan fingerprint density at radius 1 is 0.923 bits per heavy atom. The van der Waals surface area contributed by atoms with Crippen molar-refractivity contribution in [1.82, 2.24) is 4.90 Å². The maximum absolute atomic E-state index is 2.77. The Hall–Kier alpha value is -0.0400. The first kappa shape index (κ1) is 8.28. The van der Waals surface area contributed by atoms with Crippen LogP contribution in [0.3, 0.4) is 0 Å². The van der Waals surface area contributed by atoms with Gasteiger partial charge in [-0.2, -0.15) is 0 Å². The highest BCUT2D eigenvalue weighted by Crippen LogP contribution is 2.47. The Balaban J connectivity index is 1.86. The van der Waals surface area contributed by atoms with Crippen molar-refractivity contribution in [3.05, 3.63) is 0 Å².